The first kappa shape index (κ1) is 16.8. The van der Waals surface area contributed by atoms with E-state index in [4.69, 9.17) is 23.2 Å². The van der Waals surface area contributed by atoms with Crippen molar-refractivity contribution in [1.29, 1.82) is 0 Å². The van der Waals surface area contributed by atoms with Crippen LogP contribution in [0.3, 0.4) is 0 Å². The summed E-state index contributed by atoms with van der Waals surface area (Å²) in [7, 11) is 0. The Kier molecular flexibility index (Phi) is 4.78. The molecule has 1 saturated heterocycles. The van der Waals surface area contributed by atoms with E-state index in [1.54, 1.807) is 23.1 Å². The predicted molar refractivity (Wildman–Crippen MR) is 96.7 cm³/mol. The van der Waals surface area contributed by atoms with E-state index < -0.39 is 5.92 Å². The maximum absolute atomic E-state index is 12.5. The number of nitrogens with one attached hydrogen (secondary N) is 1. The number of rotatable bonds is 3. The minimum absolute atomic E-state index is 0.121. The molecule has 4 nitrogen and oxygen atoms in total. The number of hydrogen-bond donors (Lipinski definition) is 1. The molecule has 2 amide bonds. The quantitative estimate of drug-likeness (QED) is 0.884. The van der Waals surface area contributed by atoms with Crippen LogP contribution in [-0.2, 0) is 9.59 Å². The normalized spacial score (nSPS) is 17.2. The molecule has 1 unspecified atom stereocenters. The van der Waals surface area contributed by atoms with Crippen molar-refractivity contribution in [3.8, 4) is 0 Å². The SMILES string of the molecule is Cc1ccccc1NC(=O)C1CC(=O)N(c2ccc(Cl)cc2Cl)C1. The zero-order chi connectivity index (χ0) is 17.3. The van der Waals surface area contributed by atoms with Crippen LogP contribution >= 0.6 is 23.2 Å². The molecule has 0 aliphatic carbocycles. The number of aryl methyl sites for hydroxylation is 1. The lowest BCUT2D eigenvalue weighted by molar-refractivity contribution is -0.122. The van der Waals surface area contributed by atoms with E-state index >= 15 is 0 Å². The number of benzene rings is 2. The van der Waals surface area contributed by atoms with Crippen LogP contribution in [0.4, 0.5) is 11.4 Å². The first-order valence-electron chi connectivity index (χ1n) is 7.57. The van der Waals surface area contributed by atoms with Gasteiger partial charge in [-0.15, -0.1) is 0 Å². The molecule has 24 heavy (non-hydrogen) atoms. The Hall–Kier alpha value is -2.04. The Morgan fingerprint density at radius 3 is 2.67 bits per heavy atom. The molecule has 0 spiro atoms. The molecule has 0 radical (unpaired) electrons. The van der Waals surface area contributed by atoms with E-state index in [1.807, 2.05) is 31.2 Å². The molecule has 1 fully saturated rings. The lowest BCUT2D eigenvalue weighted by Crippen LogP contribution is -2.28. The van der Waals surface area contributed by atoms with Gasteiger partial charge in [-0.25, -0.2) is 0 Å². The Morgan fingerprint density at radius 2 is 1.96 bits per heavy atom. The van der Waals surface area contributed by atoms with Crippen LogP contribution in [0.2, 0.25) is 10.0 Å². The van der Waals surface area contributed by atoms with Crippen LogP contribution in [0.1, 0.15) is 12.0 Å². The third kappa shape index (κ3) is 3.40. The van der Waals surface area contributed by atoms with Crippen molar-refractivity contribution in [3.05, 3.63) is 58.1 Å². The van der Waals surface area contributed by atoms with Gasteiger partial charge in [0.1, 0.15) is 0 Å². The standard InChI is InChI=1S/C18H16Cl2N2O2/c1-11-4-2-3-5-15(11)21-18(24)12-8-17(23)22(10-12)16-7-6-13(19)9-14(16)20/h2-7,9,12H,8,10H2,1H3,(H,21,24). The molecule has 1 aliphatic rings. The van der Waals surface area contributed by atoms with Gasteiger partial charge in [-0.05, 0) is 36.8 Å². The van der Waals surface area contributed by atoms with E-state index in [-0.39, 0.29) is 18.2 Å². The van der Waals surface area contributed by atoms with Crippen LogP contribution in [0.15, 0.2) is 42.5 Å². The number of carbonyl (C=O) groups excluding carboxylic acids is 2. The van der Waals surface area contributed by atoms with Gasteiger partial charge in [0.05, 0.1) is 16.6 Å². The summed E-state index contributed by atoms with van der Waals surface area (Å²) in [6.07, 6.45) is 0.163. The Morgan fingerprint density at radius 1 is 1.21 bits per heavy atom. The molecular formula is C18H16Cl2N2O2. The summed E-state index contributed by atoms with van der Waals surface area (Å²) >= 11 is 12.1. The molecule has 1 atom stereocenters. The van der Waals surface area contributed by atoms with Crippen LogP contribution in [0.25, 0.3) is 0 Å². The first-order chi connectivity index (χ1) is 11.5. The van der Waals surface area contributed by atoms with Gasteiger partial charge in [0.15, 0.2) is 0 Å². The first-order valence-corrected chi connectivity index (χ1v) is 8.33. The lowest BCUT2D eigenvalue weighted by atomic mass is 10.1. The molecule has 6 heteroatoms. The van der Waals surface area contributed by atoms with Gasteiger partial charge in [0.25, 0.3) is 0 Å². The smallest absolute Gasteiger partial charge is 0.229 e. The Labute approximate surface area is 150 Å². The van der Waals surface area contributed by atoms with E-state index in [9.17, 15) is 9.59 Å². The maximum atomic E-state index is 12.5. The second-order valence-electron chi connectivity index (χ2n) is 5.81. The largest absolute Gasteiger partial charge is 0.326 e. The molecular weight excluding hydrogens is 347 g/mol. The third-order valence-electron chi connectivity index (χ3n) is 4.10. The molecule has 1 aliphatic heterocycles. The summed E-state index contributed by atoms with van der Waals surface area (Å²) in [5.74, 6) is -0.696. The van der Waals surface area contributed by atoms with Crippen molar-refractivity contribution < 1.29 is 9.59 Å². The Balaban J connectivity index is 1.74. The van der Waals surface area contributed by atoms with Crippen LogP contribution in [0.5, 0.6) is 0 Å². The third-order valence-corrected chi connectivity index (χ3v) is 4.64. The van der Waals surface area contributed by atoms with Gasteiger partial charge in [0.2, 0.25) is 11.8 Å². The fraction of sp³-hybridized carbons (Fsp3) is 0.222. The molecule has 3 rings (SSSR count). The van der Waals surface area contributed by atoms with E-state index in [0.717, 1.165) is 11.3 Å². The molecule has 2 aromatic rings. The monoisotopic (exact) mass is 362 g/mol. The van der Waals surface area contributed by atoms with Crippen molar-refractivity contribution in [3.63, 3.8) is 0 Å². The van der Waals surface area contributed by atoms with Crippen molar-refractivity contribution in [2.75, 3.05) is 16.8 Å². The number of hydrogen-bond acceptors (Lipinski definition) is 2. The molecule has 1 heterocycles. The zero-order valence-corrected chi connectivity index (χ0v) is 14.6. The second-order valence-corrected chi connectivity index (χ2v) is 6.65. The molecule has 2 aromatic carbocycles. The zero-order valence-electron chi connectivity index (χ0n) is 13.1. The maximum Gasteiger partial charge on any atom is 0.229 e. The summed E-state index contributed by atoms with van der Waals surface area (Å²) in [6, 6.07) is 12.5. The van der Waals surface area contributed by atoms with Crippen LogP contribution in [-0.4, -0.2) is 18.4 Å². The van der Waals surface area contributed by atoms with Crippen LogP contribution < -0.4 is 10.2 Å². The van der Waals surface area contributed by atoms with Crippen molar-refractivity contribution in [1.82, 2.24) is 0 Å². The highest BCUT2D eigenvalue weighted by molar-refractivity contribution is 6.36. The predicted octanol–water partition coefficient (Wildman–Crippen LogP) is 4.29. The fourth-order valence-corrected chi connectivity index (χ4v) is 3.27. The van der Waals surface area contributed by atoms with Gasteiger partial charge < -0.3 is 10.2 Å². The van der Waals surface area contributed by atoms with Crippen molar-refractivity contribution in [2.45, 2.75) is 13.3 Å². The highest BCUT2D eigenvalue weighted by atomic mass is 35.5. The number of nitrogens with zero attached hydrogens (tertiary/aromatic N) is 1. The summed E-state index contributed by atoms with van der Waals surface area (Å²) in [5, 5.41) is 3.80. The van der Waals surface area contributed by atoms with Gasteiger partial charge in [-0.2, -0.15) is 0 Å². The summed E-state index contributed by atoms with van der Waals surface area (Å²) in [4.78, 5) is 26.3. The Bertz CT molecular complexity index is 807. The van der Waals surface area contributed by atoms with Crippen molar-refractivity contribution in [2.24, 2.45) is 5.92 Å². The average molecular weight is 363 g/mol. The molecule has 0 aromatic heterocycles. The van der Waals surface area contributed by atoms with E-state index in [0.29, 0.717) is 22.3 Å². The lowest BCUT2D eigenvalue weighted by Gasteiger charge is -2.18. The minimum atomic E-state index is -0.413. The van der Waals surface area contributed by atoms with E-state index in [1.165, 1.54) is 0 Å². The molecule has 1 N–H and O–H groups in total. The number of halogens is 2. The minimum Gasteiger partial charge on any atom is -0.326 e. The molecule has 124 valence electrons. The highest BCUT2D eigenvalue weighted by Gasteiger charge is 2.36. The molecule has 0 saturated carbocycles. The fourth-order valence-electron chi connectivity index (χ4n) is 2.76. The van der Waals surface area contributed by atoms with Crippen molar-refractivity contribution >= 4 is 46.4 Å². The van der Waals surface area contributed by atoms with Gasteiger partial charge in [-0.3, -0.25) is 9.59 Å². The average Bonchev–Trinajstić information content (AvgIpc) is 2.91. The second kappa shape index (κ2) is 6.83. The van der Waals surface area contributed by atoms with Gasteiger partial charge >= 0.3 is 0 Å². The van der Waals surface area contributed by atoms with Gasteiger partial charge in [0, 0.05) is 23.7 Å². The van der Waals surface area contributed by atoms with Crippen LogP contribution in [0, 0.1) is 12.8 Å². The topological polar surface area (TPSA) is 49.4 Å². The summed E-state index contributed by atoms with van der Waals surface area (Å²) in [6.45, 7) is 2.23. The highest BCUT2D eigenvalue weighted by Crippen LogP contribution is 2.33. The number of anilines is 2. The molecule has 0 bridgehead atoms. The summed E-state index contributed by atoms with van der Waals surface area (Å²) in [5.41, 5.74) is 2.32. The number of amides is 2. The van der Waals surface area contributed by atoms with Gasteiger partial charge in [-0.1, -0.05) is 41.4 Å². The summed E-state index contributed by atoms with van der Waals surface area (Å²) < 4.78 is 0. The number of carbonyl (C=O) groups is 2. The van der Waals surface area contributed by atoms with E-state index in [2.05, 4.69) is 5.32 Å². The number of para-hydroxylation sites is 1.